The summed E-state index contributed by atoms with van der Waals surface area (Å²) in [6, 6.07) is 9.51. The molecule has 0 amide bonds. The third kappa shape index (κ3) is 6.10. The van der Waals surface area contributed by atoms with E-state index in [-0.39, 0.29) is 23.9 Å². The Morgan fingerprint density at radius 2 is 1.87 bits per heavy atom. The number of phenols is 1. The average Bonchev–Trinajstić information content (AvgIpc) is 2.61. The lowest BCUT2D eigenvalue weighted by Crippen LogP contribution is -2.41. The van der Waals surface area contributed by atoms with Crippen molar-refractivity contribution in [2.45, 2.75) is 31.9 Å². The van der Waals surface area contributed by atoms with Gasteiger partial charge in [-0.05, 0) is 43.6 Å². The zero-order valence-electron chi connectivity index (χ0n) is 18.6. The van der Waals surface area contributed by atoms with Gasteiger partial charge < -0.3 is 20.3 Å². The van der Waals surface area contributed by atoms with Crippen LogP contribution in [0, 0.1) is 0 Å². The number of benzene rings is 2. The summed E-state index contributed by atoms with van der Waals surface area (Å²) in [6.07, 6.45) is -1.25. The highest BCUT2D eigenvalue weighted by Crippen LogP contribution is 2.20. The van der Waals surface area contributed by atoms with Crippen molar-refractivity contribution < 1.29 is 23.2 Å². The minimum Gasteiger partial charge on any atom is -0.508 e. The van der Waals surface area contributed by atoms with E-state index in [2.05, 4.69) is 5.32 Å². The van der Waals surface area contributed by atoms with E-state index in [4.69, 9.17) is 13.0 Å². The standard InChI is InChI=1S/C18H23NO3.ClH/c1-13(12-22-17-6-4-3-5-7-17)19-14(2)18(21)15-8-10-16(20)11-9-15;/h3-11,13-14,18-21H,12H2,1-2H3;1H/i1D3,12D2,13D;. The number of aliphatic hydroxyl groups is 1. The van der Waals surface area contributed by atoms with Crippen molar-refractivity contribution in [3.05, 3.63) is 60.2 Å². The van der Waals surface area contributed by atoms with E-state index in [1.54, 1.807) is 18.2 Å². The number of hydrogen-bond acceptors (Lipinski definition) is 4. The Morgan fingerprint density at radius 1 is 1.22 bits per heavy atom. The summed E-state index contributed by atoms with van der Waals surface area (Å²) in [6.45, 7) is -4.64. The topological polar surface area (TPSA) is 61.7 Å². The molecule has 0 spiro atoms. The Labute approximate surface area is 152 Å². The van der Waals surface area contributed by atoms with Crippen LogP contribution < -0.4 is 10.1 Å². The molecule has 4 nitrogen and oxygen atoms in total. The minimum absolute atomic E-state index is 0. The van der Waals surface area contributed by atoms with Crippen LogP contribution in [0.1, 0.15) is 33.7 Å². The highest BCUT2D eigenvalue weighted by atomic mass is 35.5. The van der Waals surface area contributed by atoms with E-state index in [9.17, 15) is 10.2 Å². The number of para-hydroxylation sites is 1. The van der Waals surface area contributed by atoms with Gasteiger partial charge in [0.2, 0.25) is 0 Å². The second kappa shape index (κ2) is 9.40. The number of nitrogens with one attached hydrogen (secondary N) is 1. The maximum absolute atomic E-state index is 10.5. The van der Waals surface area contributed by atoms with Gasteiger partial charge in [-0.2, -0.15) is 0 Å². The molecule has 3 atom stereocenters. The lowest BCUT2D eigenvalue weighted by molar-refractivity contribution is 0.124. The molecule has 126 valence electrons. The molecule has 0 aliphatic heterocycles. The number of hydrogen-bond donors (Lipinski definition) is 3. The van der Waals surface area contributed by atoms with Gasteiger partial charge in [0.05, 0.1) is 8.85 Å². The van der Waals surface area contributed by atoms with Gasteiger partial charge in [-0.1, -0.05) is 30.3 Å². The first-order valence-electron chi connectivity index (χ1n) is 9.86. The van der Waals surface area contributed by atoms with E-state index >= 15 is 0 Å². The molecule has 0 bridgehead atoms. The van der Waals surface area contributed by atoms with Crippen LogP contribution in [0.2, 0.25) is 0 Å². The van der Waals surface area contributed by atoms with E-state index < -0.39 is 31.6 Å². The fourth-order valence-electron chi connectivity index (χ4n) is 1.89. The number of ether oxygens (including phenoxy) is 1. The number of phenolic OH excluding ortho intramolecular Hbond substituents is 1. The maximum Gasteiger partial charge on any atom is 0.119 e. The Balaban J connectivity index is 0.00000420. The maximum atomic E-state index is 10.5. The lowest BCUT2D eigenvalue weighted by atomic mass is 10.0. The summed E-state index contributed by atoms with van der Waals surface area (Å²) in [5, 5.41) is 22.2. The summed E-state index contributed by atoms with van der Waals surface area (Å²) in [5.41, 5.74) is 0.371. The van der Waals surface area contributed by atoms with E-state index in [1.165, 1.54) is 43.3 Å². The molecule has 0 aliphatic carbocycles. The molecule has 3 unspecified atom stereocenters. The molecule has 2 aromatic rings. The van der Waals surface area contributed by atoms with Crippen LogP contribution in [0.15, 0.2) is 54.6 Å². The van der Waals surface area contributed by atoms with Crippen LogP contribution >= 0.6 is 12.4 Å². The van der Waals surface area contributed by atoms with Crippen LogP contribution in [0.3, 0.4) is 0 Å². The lowest BCUT2D eigenvalue weighted by Gasteiger charge is -2.25. The van der Waals surface area contributed by atoms with Crippen molar-refractivity contribution >= 4 is 12.4 Å². The molecule has 5 heteroatoms. The predicted octanol–water partition coefficient (Wildman–Crippen LogP) is 3.29. The first kappa shape index (κ1) is 11.7. The summed E-state index contributed by atoms with van der Waals surface area (Å²) in [5.74, 6) is 0.0726. The zero-order valence-corrected chi connectivity index (χ0v) is 13.4. The molecule has 2 rings (SSSR count). The molecule has 23 heavy (non-hydrogen) atoms. The van der Waals surface area contributed by atoms with Crippen LogP contribution in [-0.2, 0) is 0 Å². The van der Waals surface area contributed by atoms with Crippen molar-refractivity contribution in [2.75, 3.05) is 6.56 Å². The molecule has 3 N–H and O–H groups in total. The van der Waals surface area contributed by atoms with Gasteiger partial charge in [0.15, 0.2) is 0 Å². The number of aromatic hydroxyl groups is 1. The first-order chi connectivity index (χ1) is 12.9. The SMILES string of the molecule is Cl.[2H]C([2H])([2H])C([2H])(NC(C)C(O)c1ccc(O)cc1)C([2H])([2H])Oc1ccccc1. The number of aliphatic hydroxyl groups excluding tert-OH is 1. The summed E-state index contributed by atoms with van der Waals surface area (Å²) in [7, 11) is 0. The van der Waals surface area contributed by atoms with Crippen molar-refractivity contribution in [2.24, 2.45) is 0 Å². The molecule has 0 aliphatic rings. The zero-order chi connectivity index (χ0) is 21.2. The molecule has 0 radical (unpaired) electrons. The van der Waals surface area contributed by atoms with E-state index in [0.29, 0.717) is 5.56 Å². The Kier molecular flexibility index (Phi) is 4.80. The second-order valence-corrected chi connectivity index (χ2v) is 4.86. The van der Waals surface area contributed by atoms with E-state index in [1.807, 2.05) is 0 Å². The predicted molar refractivity (Wildman–Crippen MR) is 94.3 cm³/mol. The minimum atomic E-state index is -3.12. The quantitative estimate of drug-likeness (QED) is 0.722. The highest BCUT2D eigenvalue weighted by Gasteiger charge is 2.18. The Morgan fingerprint density at radius 3 is 2.48 bits per heavy atom. The summed E-state index contributed by atoms with van der Waals surface area (Å²) < 4.78 is 53.1. The van der Waals surface area contributed by atoms with Gasteiger partial charge >= 0.3 is 0 Å². The van der Waals surface area contributed by atoms with Gasteiger partial charge in [-0.3, -0.25) is 0 Å². The smallest absolute Gasteiger partial charge is 0.119 e. The molecule has 2 aromatic carbocycles. The molecule has 0 aromatic heterocycles. The molecular weight excluding hydrogens is 314 g/mol. The second-order valence-electron chi connectivity index (χ2n) is 4.86. The monoisotopic (exact) mass is 343 g/mol. The third-order valence-corrected chi connectivity index (χ3v) is 3.09. The average molecular weight is 344 g/mol. The molecule has 0 saturated heterocycles. The Hall–Kier alpha value is -1.75. The third-order valence-electron chi connectivity index (χ3n) is 3.09. The molecule has 0 saturated carbocycles. The fraction of sp³-hybridized carbons (Fsp3) is 0.333. The number of halogens is 1. The van der Waals surface area contributed by atoms with E-state index in [0.717, 1.165) is 0 Å². The van der Waals surface area contributed by atoms with Crippen molar-refractivity contribution in [1.82, 2.24) is 5.32 Å². The van der Waals surface area contributed by atoms with Crippen LogP contribution in [0.4, 0.5) is 0 Å². The van der Waals surface area contributed by atoms with Gasteiger partial charge in [-0.15, -0.1) is 12.4 Å². The van der Waals surface area contributed by atoms with Crippen molar-refractivity contribution in [3.8, 4) is 11.5 Å². The highest BCUT2D eigenvalue weighted by molar-refractivity contribution is 5.85. The molecular formula is C18H24ClNO3. The number of rotatable bonds is 7. The van der Waals surface area contributed by atoms with Gasteiger partial charge in [0.1, 0.15) is 18.1 Å². The van der Waals surface area contributed by atoms with Crippen LogP contribution in [0.5, 0.6) is 11.5 Å². The summed E-state index contributed by atoms with van der Waals surface area (Å²) in [4.78, 5) is 0. The van der Waals surface area contributed by atoms with Gasteiger partial charge in [0.25, 0.3) is 0 Å². The van der Waals surface area contributed by atoms with Crippen LogP contribution in [-0.4, -0.2) is 28.8 Å². The largest absolute Gasteiger partial charge is 0.508 e. The van der Waals surface area contributed by atoms with Crippen molar-refractivity contribution in [1.29, 1.82) is 0 Å². The molecule has 0 heterocycles. The molecule has 0 fully saturated rings. The van der Waals surface area contributed by atoms with Crippen LogP contribution in [0.25, 0.3) is 0 Å². The van der Waals surface area contributed by atoms with Crippen molar-refractivity contribution in [3.63, 3.8) is 0 Å². The van der Waals surface area contributed by atoms with Gasteiger partial charge in [-0.25, -0.2) is 0 Å². The van der Waals surface area contributed by atoms with Gasteiger partial charge in [0, 0.05) is 17.5 Å². The summed E-state index contributed by atoms with van der Waals surface area (Å²) >= 11 is 0. The normalized spacial score (nSPS) is 20.8. The fourth-order valence-corrected chi connectivity index (χ4v) is 1.89. The first-order valence-corrected chi connectivity index (χ1v) is 6.86. The Bertz CT molecular complexity index is 775.